The van der Waals surface area contributed by atoms with Crippen molar-refractivity contribution in [2.24, 2.45) is 0 Å². The van der Waals surface area contributed by atoms with Gasteiger partial charge in [0.1, 0.15) is 0 Å². The van der Waals surface area contributed by atoms with Crippen molar-refractivity contribution in [1.82, 2.24) is 4.98 Å². The molecule has 2 rings (SSSR count). The predicted molar refractivity (Wildman–Crippen MR) is 63.5 cm³/mol. The molecule has 0 amide bonds. The van der Waals surface area contributed by atoms with E-state index in [1.54, 1.807) is 0 Å². The molecule has 2 aromatic rings. The maximum absolute atomic E-state index is 13.4. The van der Waals surface area contributed by atoms with E-state index in [2.05, 4.69) is 4.98 Å². The average molecular weight is 251 g/mol. The molecule has 2 N–H and O–H groups in total. The predicted octanol–water partition coefficient (Wildman–Crippen LogP) is 2.69. The molecular formula is C12H8ClFN2O. The Bertz CT molecular complexity index is 586. The number of halogens is 2. The number of hydrogen-bond donors (Lipinski definition) is 1. The molecule has 3 nitrogen and oxygen atoms in total. The van der Waals surface area contributed by atoms with Crippen LogP contribution in [0.5, 0.6) is 0 Å². The van der Waals surface area contributed by atoms with Gasteiger partial charge in [-0.2, -0.15) is 0 Å². The molecule has 1 heterocycles. The smallest absolute Gasteiger partial charge is 0.196 e. The van der Waals surface area contributed by atoms with Crippen molar-refractivity contribution < 1.29 is 9.18 Å². The highest BCUT2D eigenvalue weighted by Crippen LogP contribution is 2.21. The van der Waals surface area contributed by atoms with Crippen LogP contribution in [0.2, 0.25) is 5.02 Å². The maximum Gasteiger partial charge on any atom is 0.196 e. The van der Waals surface area contributed by atoms with Gasteiger partial charge in [0.15, 0.2) is 11.6 Å². The first-order valence-corrected chi connectivity index (χ1v) is 5.16. The van der Waals surface area contributed by atoms with Gasteiger partial charge in [-0.3, -0.25) is 9.78 Å². The van der Waals surface area contributed by atoms with Crippen molar-refractivity contribution in [1.29, 1.82) is 0 Å². The number of hydrogen-bond acceptors (Lipinski definition) is 3. The van der Waals surface area contributed by atoms with E-state index in [9.17, 15) is 9.18 Å². The van der Waals surface area contributed by atoms with Crippen LogP contribution in [0.15, 0.2) is 36.7 Å². The van der Waals surface area contributed by atoms with E-state index in [0.717, 1.165) is 6.20 Å². The Morgan fingerprint density at radius 3 is 2.76 bits per heavy atom. The molecule has 0 unspecified atom stereocenters. The number of nitrogens with zero attached hydrogens (tertiary/aromatic N) is 1. The van der Waals surface area contributed by atoms with E-state index in [0.29, 0.717) is 5.02 Å². The lowest BCUT2D eigenvalue weighted by Crippen LogP contribution is -2.05. The highest BCUT2D eigenvalue weighted by molar-refractivity contribution is 6.33. The molecule has 0 aliphatic carbocycles. The zero-order chi connectivity index (χ0) is 12.4. The van der Waals surface area contributed by atoms with Crippen LogP contribution in [0.4, 0.5) is 10.1 Å². The van der Waals surface area contributed by atoms with E-state index in [1.165, 1.54) is 30.5 Å². The standard InChI is InChI=1S/C12H8ClFN2O/c13-9-2-1-7(5-11(9)15)12(17)8-3-4-16-6-10(8)14/h1-6H,15H2. The van der Waals surface area contributed by atoms with E-state index in [4.69, 9.17) is 17.3 Å². The first kappa shape index (κ1) is 11.5. The van der Waals surface area contributed by atoms with Crippen molar-refractivity contribution >= 4 is 23.1 Å². The van der Waals surface area contributed by atoms with Crippen molar-refractivity contribution in [3.8, 4) is 0 Å². The fourth-order valence-electron chi connectivity index (χ4n) is 1.40. The second kappa shape index (κ2) is 4.51. The van der Waals surface area contributed by atoms with Gasteiger partial charge in [-0.15, -0.1) is 0 Å². The minimum Gasteiger partial charge on any atom is -0.398 e. The van der Waals surface area contributed by atoms with Crippen molar-refractivity contribution in [3.05, 3.63) is 58.6 Å². The molecule has 1 aromatic heterocycles. The van der Waals surface area contributed by atoms with Crippen LogP contribution in [-0.2, 0) is 0 Å². The number of anilines is 1. The summed E-state index contributed by atoms with van der Waals surface area (Å²) in [6.45, 7) is 0. The second-order valence-corrected chi connectivity index (χ2v) is 3.83. The molecule has 0 radical (unpaired) electrons. The first-order chi connectivity index (χ1) is 8.09. The topological polar surface area (TPSA) is 56.0 Å². The van der Waals surface area contributed by atoms with Crippen molar-refractivity contribution in [2.75, 3.05) is 5.73 Å². The summed E-state index contributed by atoms with van der Waals surface area (Å²) in [6, 6.07) is 5.75. The van der Waals surface area contributed by atoms with Crippen LogP contribution >= 0.6 is 11.6 Å². The lowest BCUT2D eigenvalue weighted by Gasteiger charge is -2.04. The number of rotatable bonds is 2. The summed E-state index contributed by atoms with van der Waals surface area (Å²) < 4.78 is 13.4. The summed E-state index contributed by atoms with van der Waals surface area (Å²) >= 11 is 5.74. The Balaban J connectivity index is 2.44. The number of pyridine rings is 1. The van der Waals surface area contributed by atoms with Gasteiger partial charge < -0.3 is 5.73 Å². The molecule has 0 aliphatic rings. The van der Waals surface area contributed by atoms with Crippen LogP contribution < -0.4 is 5.73 Å². The number of carbonyl (C=O) groups excluding carboxylic acids is 1. The highest BCUT2D eigenvalue weighted by atomic mass is 35.5. The Hall–Kier alpha value is -1.94. The van der Waals surface area contributed by atoms with Crippen LogP contribution in [-0.4, -0.2) is 10.8 Å². The summed E-state index contributed by atoms with van der Waals surface area (Å²) in [7, 11) is 0. The van der Waals surface area contributed by atoms with Gasteiger partial charge in [-0.1, -0.05) is 11.6 Å². The number of benzene rings is 1. The molecule has 0 aliphatic heterocycles. The zero-order valence-electron chi connectivity index (χ0n) is 8.65. The summed E-state index contributed by atoms with van der Waals surface area (Å²) in [5, 5.41) is 0.358. The minimum absolute atomic E-state index is 0.0401. The molecule has 0 saturated heterocycles. The van der Waals surface area contributed by atoms with Gasteiger partial charge in [0.25, 0.3) is 0 Å². The number of nitrogen functional groups attached to an aromatic ring is 1. The SMILES string of the molecule is Nc1cc(C(=O)c2ccncc2F)ccc1Cl. The van der Waals surface area contributed by atoms with Gasteiger partial charge >= 0.3 is 0 Å². The lowest BCUT2D eigenvalue weighted by molar-refractivity contribution is 0.103. The highest BCUT2D eigenvalue weighted by Gasteiger charge is 2.14. The molecule has 0 atom stereocenters. The van der Waals surface area contributed by atoms with E-state index >= 15 is 0 Å². The third kappa shape index (κ3) is 2.26. The zero-order valence-corrected chi connectivity index (χ0v) is 9.41. The second-order valence-electron chi connectivity index (χ2n) is 3.42. The maximum atomic E-state index is 13.4. The monoisotopic (exact) mass is 250 g/mol. The number of aromatic nitrogens is 1. The minimum atomic E-state index is -0.661. The fourth-order valence-corrected chi connectivity index (χ4v) is 1.52. The largest absolute Gasteiger partial charge is 0.398 e. The molecule has 1 aromatic carbocycles. The summed E-state index contributed by atoms with van der Waals surface area (Å²) in [6.07, 6.45) is 2.35. The van der Waals surface area contributed by atoms with E-state index in [-0.39, 0.29) is 16.8 Å². The molecule has 0 spiro atoms. The van der Waals surface area contributed by atoms with Gasteiger partial charge in [-0.05, 0) is 24.3 Å². The number of carbonyl (C=O) groups is 1. The molecule has 0 fully saturated rings. The molecular weight excluding hydrogens is 243 g/mol. The lowest BCUT2D eigenvalue weighted by atomic mass is 10.0. The molecule has 17 heavy (non-hydrogen) atoms. The van der Waals surface area contributed by atoms with Crippen LogP contribution in [0.3, 0.4) is 0 Å². The average Bonchev–Trinajstić information content (AvgIpc) is 2.32. The summed E-state index contributed by atoms with van der Waals surface area (Å²) in [5.41, 5.74) is 6.12. The van der Waals surface area contributed by atoms with Crippen LogP contribution in [0.1, 0.15) is 15.9 Å². The van der Waals surface area contributed by atoms with E-state index in [1.807, 2.05) is 0 Å². The summed E-state index contributed by atoms with van der Waals surface area (Å²) in [4.78, 5) is 15.5. The quantitative estimate of drug-likeness (QED) is 0.659. The first-order valence-electron chi connectivity index (χ1n) is 4.79. The van der Waals surface area contributed by atoms with Crippen molar-refractivity contribution in [3.63, 3.8) is 0 Å². The Morgan fingerprint density at radius 2 is 2.12 bits per heavy atom. The van der Waals surface area contributed by atoms with Gasteiger partial charge in [0, 0.05) is 11.8 Å². The Labute approximate surface area is 102 Å². The van der Waals surface area contributed by atoms with Gasteiger partial charge in [-0.25, -0.2) is 4.39 Å². The normalized spacial score (nSPS) is 10.2. The Kier molecular flexibility index (Phi) is 3.06. The van der Waals surface area contributed by atoms with Crippen molar-refractivity contribution in [2.45, 2.75) is 0 Å². The molecule has 86 valence electrons. The van der Waals surface area contributed by atoms with Crippen LogP contribution in [0.25, 0.3) is 0 Å². The fraction of sp³-hybridized carbons (Fsp3) is 0. The molecule has 5 heteroatoms. The number of nitrogens with two attached hydrogens (primary N) is 1. The molecule has 0 saturated carbocycles. The third-order valence-corrected chi connectivity index (χ3v) is 2.62. The number of ketones is 1. The van der Waals surface area contributed by atoms with Crippen LogP contribution in [0, 0.1) is 5.82 Å². The Morgan fingerprint density at radius 1 is 1.35 bits per heavy atom. The summed E-state index contributed by atoms with van der Waals surface area (Å²) in [5.74, 6) is -1.11. The van der Waals surface area contributed by atoms with Gasteiger partial charge in [0.05, 0.1) is 22.5 Å². The molecule has 0 bridgehead atoms. The van der Waals surface area contributed by atoms with Gasteiger partial charge in [0.2, 0.25) is 0 Å². The third-order valence-electron chi connectivity index (χ3n) is 2.28. The van der Waals surface area contributed by atoms with E-state index < -0.39 is 11.6 Å².